The van der Waals surface area contributed by atoms with Gasteiger partial charge in [0.05, 0.1) is 4.47 Å². The van der Waals surface area contributed by atoms with Crippen LogP contribution in [0.25, 0.3) is 10.2 Å². The van der Waals surface area contributed by atoms with Crippen LogP contribution < -0.4 is 5.32 Å². The molecule has 0 unspecified atom stereocenters. The fraction of sp³-hybridized carbons (Fsp3) is 0.111. The molecule has 0 bridgehead atoms. The first-order chi connectivity index (χ1) is 7.08. The summed E-state index contributed by atoms with van der Waals surface area (Å²) in [7, 11) is 0. The van der Waals surface area contributed by atoms with Crippen LogP contribution in [0.3, 0.4) is 0 Å². The first kappa shape index (κ1) is 10.4. The SMILES string of the molecule is Cc1ccc2c(Br)c(NC(=O)O)sc2n1. The normalized spacial score (nSPS) is 10.5. The average Bonchev–Trinajstić information content (AvgIpc) is 2.42. The van der Waals surface area contributed by atoms with Gasteiger partial charge in [-0.1, -0.05) is 11.3 Å². The first-order valence-corrected chi connectivity index (χ1v) is 5.74. The monoisotopic (exact) mass is 286 g/mol. The zero-order valence-electron chi connectivity index (χ0n) is 7.74. The molecule has 0 aliphatic heterocycles. The molecule has 0 aromatic carbocycles. The second-order valence-electron chi connectivity index (χ2n) is 2.98. The van der Waals surface area contributed by atoms with E-state index in [4.69, 9.17) is 5.11 Å². The summed E-state index contributed by atoms with van der Waals surface area (Å²) in [5, 5.41) is 12.4. The van der Waals surface area contributed by atoms with Crippen molar-refractivity contribution in [1.82, 2.24) is 4.98 Å². The molecule has 0 fully saturated rings. The molecule has 0 spiro atoms. The molecule has 2 aromatic rings. The molecule has 0 saturated carbocycles. The number of halogens is 1. The van der Waals surface area contributed by atoms with E-state index in [0.717, 1.165) is 20.4 Å². The van der Waals surface area contributed by atoms with Crippen LogP contribution in [0.15, 0.2) is 16.6 Å². The van der Waals surface area contributed by atoms with Gasteiger partial charge in [0.25, 0.3) is 0 Å². The maximum atomic E-state index is 10.5. The molecule has 1 amide bonds. The van der Waals surface area contributed by atoms with Gasteiger partial charge in [-0.3, -0.25) is 5.32 Å². The lowest BCUT2D eigenvalue weighted by atomic mass is 10.3. The number of carboxylic acid groups (broad SMARTS) is 1. The largest absolute Gasteiger partial charge is 0.465 e. The predicted octanol–water partition coefficient (Wildman–Crippen LogP) is 3.46. The number of hydrogen-bond acceptors (Lipinski definition) is 3. The van der Waals surface area contributed by atoms with Gasteiger partial charge in [0, 0.05) is 11.1 Å². The Labute approximate surface area is 98.1 Å². The van der Waals surface area contributed by atoms with Gasteiger partial charge in [0.15, 0.2) is 0 Å². The molecule has 78 valence electrons. The van der Waals surface area contributed by atoms with Crippen LogP contribution >= 0.6 is 27.3 Å². The highest BCUT2D eigenvalue weighted by Gasteiger charge is 2.12. The third-order valence-electron chi connectivity index (χ3n) is 1.85. The topological polar surface area (TPSA) is 62.2 Å². The van der Waals surface area contributed by atoms with E-state index in [1.54, 1.807) is 0 Å². The molecule has 0 aliphatic rings. The number of nitrogens with one attached hydrogen (secondary N) is 1. The number of anilines is 1. The third-order valence-corrected chi connectivity index (χ3v) is 3.96. The number of thiophene rings is 1. The number of carbonyl (C=O) groups is 1. The average molecular weight is 287 g/mol. The first-order valence-electron chi connectivity index (χ1n) is 4.13. The standard InChI is InChI=1S/C9H7BrN2O2S/c1-4-2-3-5-6(10)8(12-9(13)14)15-7(5)11-4/h2-3,12H,1H3,(H,13,14). The Morgan fingerprint density at radius 3 is 3.00 bits per heavy atom. The van der Waals surface area contributed by atoms with Crippen molar-refractivity contribution in [2.45, 2.75) is 6.92 Å². The maximum Gasteiger partial charge on any atom is 0.409 e. The molecule has 2 heterocycles. The Kier molecular flexibility index (Phi) is 2.62. The van der Waals surface area contributed by atoms with Crippen molar-refractivity contribution in [2.24, 2.45) is 0 Å². The van der Waals surface area contributed by atoms with Crippen molar-refractivity contribution in [2.75, 3.05) is 5.32 Å². The van der Waals surface area contributed by atoms with E-state index in [2.05, 4.69) is 26.2 Å². The molecule has 2 aromatic heterocycles. The Bertz CT molecular complexity index is 538. The number of fused-ring (bicyclic) bond motifs is 1. The van der Waals surface area contributed by atoms with Gasteiger partial charge >= 0.3 is 6.09 Å². The minimum Gasteiger partial charge on any atom is -0.465 e. The Morgan fingerprint density at radius 2 is 2.33 bits per heavy atom. The van der Waals surface area contributed by atoms with E-state index in [1.165, 1.54) is 11.3 Å². The van der Waals surface area contributed by atoms with E-state index in [-0.39, 0.29) is 0 Å². The lowest BCUT2D eigenvalue weighted by Gasteiger charge is -1.95. The molecule has 0 radical (unpaired) electrons. The summed E-state index contributed by atoms with van der Waals surface area (Å²) in [4.78, 5) is 15.7. The quantitative estimate of drug-likeness (QED) is 0.844. The van der Waals surface area contributed by atoms with E-state index >= 15 is 0 Å². The summed E-state index contributed by atoms with van der Waals surface area (Å²) >= 11 is 4.67. The zero-order valence-corrected chi connectivity index (χ0v) is 10.1. The maximum absolute atomic E-state index is 10.5. The van der Waals surface area contributed by atoms with Crippen LogP contribution in [-0.2, 0) is 0 Å². The van der Waals surface area contributed by atoms with Gasteiger partial charge in [-0.15, -0.1) is 0 Å². The highest BCUT2D eigenvalue weighted by Crippen LogP contribution is 2.38. The van der Waals surface area contributed by atoms with Gasteiger partial charge in [0.1, 0.15) is 9.83 Å². The van der Waals surface area contributed by atoms with Crippen molar-refractivity contribution in [1.29, 1.82) is 0 Å². The second kappa shape index (κ2) is 3.79. The Balaban J connectivity index is 2.58. The molecule has 2 rings (SSSR count). The molecule has 4 nitrogen and oxygen atoms in total. The van der Waals surface area contributed by atoms with Crippen molar-refractivity contribution >= 4 is 48.6 Å². The number of rotatable bonds is 1. The lowest BCUT2D eigenvalue weighted by molar-refractivity contribution is 0.210. The molecule has 0 saturated heterocycles. The number of nitrogens with zero attached hydrogens (tertiary/aromatic N) is 1. The predicted molar refractivity (Wildman–Crippen MR) is 63.7 cm³/mol. The fourth-order valence-electron chi connectivity index (χ4n) is 1.22. The van der Waals surface area contributed by atoms with Gasteiger partial charge in [-0.2, -0.15) is 0 Å². The summed E-state index contributed by atoms with van der Waals surface area (Å²) in [5.74, 6) is 0. The lowest BCUT2D eigenvalue weighted by Crippen LogP contribution is -2.05. The van der Waals surface area contributed by atoms with Gasteiger partial charge < -0.3 is 5.11 Å². The van der Waals surface area contributed by atoms with Crippen molar-refractivity contribution in [3.63, 3.8) is 0 Å². The number of pyridine rings is 1. The van der Waals surface area contributed by atoms with Crippen LogP contribution in [0.1, 0.15) is 5.69 Å². The molecule has 2 N–H and O–H groups in total. The highest BCUT2D eigenvalue weighted by atomic mass is 79.9. The van der Waals surface area contributed by atoms with Crippen LogP contribution in [0.4, 0.5) is 9.80 Å². The number of hydrogen-bond donors (Lipinski definition) is 2. The summed E-state index contributed by atoms with van der Waals surface area (Å²) in [6.07, 6.45) is -1.07. The zero-order chi connectivity index (χ0) is 11.0. The third kappa shape index (κ3) is 1.95. The van der Waals surface area contributed by atoms with Gasteiger partial charge in [0.2, 0.25) is 0 Å². The van der Waals surface area contributed by atoms with Gasteiger partial charge in [-0.25, -0.2) is 9.78 Å². The van der Waals surface area contributed by atoms with Crippen LogP contribution in [0, 0.1) is 6.92 Å². The van der Waals surface area contributed by atoms with Crippen LogP contribution in [0.2, 0.25) is 0 Å². The van der Waals surface area contributed by atoms with Crippen LogP contribution in [-0.4, -0.2) is 16.2 Å². The van der Waals surface area contributed by atoms with Crippen molar-refractivity contribution < 1.29 is 9.90 Å². The molecular formula is C9H7BrN2O2S. The van der Waals surface area contributed by atoms with E-state index in [9.17, 15) is 4.79 Å². The molecule has 6 heteroatoms. The second-order valence-corrected chi connectivity index (χ2v) is 4.77. The molecular weight excluding hydrogens is 280 g/mol. The summed E-state index contributed by atoms with van der Waals surface area (Å²) in [5.41, 5.74) is 0.915. The minimum absolute atomic E-state index is 0.565. The molecule has 15 heavy (non-hydrogen) atoms. The minimum atomic E-state index is -1.07. The number of amides is 1. The summed E-state index contributed by atoms with van der Waals surface area (Å²) in [6.45, 7) is 1.90. The van der Waals surface area contributed by atoms with E-state index in [1.807, 2.05) is 19.1 Å². The Morgan fingerprint density at radius 1 is 1.60 bits per heavy atom. The smallest absolute Gasteiger partial charge is 0.409 e. The molecule has 0 atom stereocenters. The van der Waals surface area contributed by atoms with Crippen LogP contribution in [0.5, 0.6) is 0 Å². The Hall–Kier alpha value is -1.14. The number of aryl methyl sites for hydroxylation is 1. The number of aromatic nitrogens is 1. The molecule has 0 aliphatic carbocycles. The van der Waals surface area contributed by atoms with E-state index in [0.29, 0.717) is 5.00 Å². The van der Waals surface area contributed by atoms with Crippen molar-refractivity contribution in [3.05, 3.63) is 22.3 Å². The van der Waals surface area contributed by atoms with Gasteiger partial charge in [-0.05, 0) is 35.0 Å². The fourth-order valence-corrected chi connectivity index (χ4v) is 3.01. The summed E-state index contributed by atoms with van der Waals surface area (Å²) < 4.78 is 0.748. The highest BCUT2D eigenvalue weighted by molar-refractivity contribution is 9.10. The van der Waals surface area contributed by atoms with E-state index < -0.39 is 6.09 Å². The summed E-state index contributed by atoms with van der Waals surface area (Å²) in [6, 6.07) is 3.82. The van der Waals surface area contributed by atoms with Crippen molar-refractivity contribution in [3.8, 4) is 0 Å².